The van der Waals surface area contributed by atoms with Gasteiger partial charge in [0, 0.05) is 6.42 Å². The first-order valence-corrected chi connectivity index (χ1v) is 10.1. The molecule has 0 radical (unpaired) electrons. The van der Waals surface area contributed by atoms with E-state index in [1.807, 2.05) is 0 Å². The van der Waals surface area contributed by atoms with E-state index in [9.17, 15) is 4.79 Å². The molecule has 4 fully saturated rings. The molecule has 126 valence electrons. The summed E-state index contributed by atoms with van der Waals surface area (Å²) < 4.78 is 0. The molecule has 5 heteroatoms. The number of rotatable bonds is 6. The number of aromatic nitrogens is 2. The number of nitrogens with one attached hydrogen (secondary N) is 1. The van der Waals surface area contributed by atoms with Crippen molar-refractivity contribution in [3.8, 4) is 0 Å². The second-order valence-corrected chi connectivity index (χ2v) is 9.17. The molecular formula is C18H27N3OS. The highest BCUT2D eigenvalue weighted by Crippen LogP contribution is 2.60. The number of hydrogen-bond acceptors (Lipinski definition) is 4. The van der Waals surface area contributed by atoms with Crippen LogP contribution in [0.4, 0.5) is 5.13 Å². The van der Waals surface area contributed by atoms with Crippen LogP contribution >= 0.6 is 11.3 Å². The molecule has 4 nitrogen and oxygen atoms in total. The van der Waals surface area contributed by atoms with Crippen LogP contribution in [0, 0.1) is 23.2 Å². The highest BCUT2D eigenvalue weighted by molar-refractivity contribution is 7.15. The molecule has 1 aromatic rings. The molecule has 0 aromatic carbocycles. The van der Waals surface area contributed by atoms with Gasteiger partial charge in [-0.25, -0.2) is 0 Å². The van der Waals surface area contributed by atoms with E-state index in [2.05, 4.69) is 22.4 Å². The van der Waals surface area contributed by atoms with Crippen molar-refractivity contribution in [3.63, 3.8) is 0 Å². The van der Waals surface area contributed by atoms with Crippen molar-refractivity contribution in [2.75, 3.05) is 5.32 Å². The predicted molar refractivity (Wildman–Crippen MR) is 92.4 cm³/mol. The number of anilines is 1. The lowest BCUT2D eigenvalue weighted by Crippen LogP contribution is -2.51. The summed E-state index contributed by atoms with van der Waals surface area (Å²) in [5.74, 6) is 2.62. The molecular weight excluding hydrogens is 306 g/mol. The van der Waals surface area contributed by atoms with Crippen molar-refractivity contribution in [3.05, 3.63) is 5.01 Å². The predicted octanol–water partition coefficient (Wildman–Crippen LogP) is 4.43. The van der Waals surface area contributed by atoms with E-state index < -0.39 is 0 Å². The van der Waals surface area contributed by atoms with Gasteiger partial charge in [-0.2, -0.15) is 0 Å². The second kappa shape index (κ2) is 6.15. The third kappa shape index (κ3) is 3.04. The molecule has 4 bridgehead atoms. The SMILES string of the molecule is CCCCCc1nnc(NC(=O)C23CC4CC(CC(C4)C2)C3)s1. The first-order chi connectivity index (χ1) is 11.2. The number of carbonyl (C=O) groups excluding carboxylic acids is 1. The van der Waals surface area contributed by atoms with Crippen LogP contribution < -0.4 is 5.32 Å². The average molecular weight is 334 g/mol. The van der Waals surface area contributed by atoms with Crippen LogP contribution in [0.3, 0.4) is 0 Å². The van der Waals surface area contributed by atoms with Gasteiger partial charge in [0.2, 0.25) is 11.0 Å². The maximum absolute atomic E-state index is 13.0. The first kappa shape index (κ1) is 15.6. The van der Waals surface area contributed by atoms with E-state index in [-0.39, 0.29) is 11.3 Å². The average Bonchev–Trinajstić information content (AvgIpc) is 2.93. The molecule has 0 unspecified atom stereocenters. The molecule has 1 amide bonds. The summed E-state index contributed by atoms with van der Waals surface area (Å²) >= 11 is 1.56. The van der Waals surface area contributed by atoms with Gasteiger partial charge in [0.1, 0.15) is 5.01 Å². The van der Waals surface area contributed by atoms with E-state index in [4.69, 9.17) is 0 Å². The minimum atomic E-state index is -0.0945. The monoisotopic (exact) mass is 333 g/mol. The fourth-order valence-corrected chi connectivity index (χ4v) is 6.33. The van der Waals surface area contributed by atoms with Gasteiger partial charge in [0.25, 0.3) is 0 Å². The van der Waals surface area contributed by atoms with Gasteiger partial charge in [0.05, 0.1) is 5.41 Å². The Morgan fingerprint density at radius 1 is 1.13 bits per heavy atom. The zero-order valence-electron chi connectivity index (χ0n) is 14.0. The lowest BCUT2D eigenvalue weighted by molar-refractivity contribution is -0.140. The van der Waals surface area contributed by atoms with Crippen molar-refractivity contribution in [1.29, 1.82) is 0 Å². The van der Waals surface area contributed by atoms with E-state index in [1.54, 1.807) is 11.3 Å². The second-order valence-electron chi connectivity index (χ2n) is 8.11. The molecule has 0 saturated heterocycles. The van der Waals surface area contributed by atoms with Crippen molar-refractivity contribution < 1.29 is 4.79 Å². The lowest BCUT2D eigenvalue weighted by Gasteiger charge is -2.55. The van der Waals surface area contributed by atoms with Crippen LogP contribution in [-0.2, 0) is 11.2 Å². The molecule has 1 N–H and O–H groups in total. The molecule has 4 saturated carbocycles. The van der Waals surface area contributed by atoms with Gasteiger partial charge < -0.3 is 5.32 Å². The number of hydrogen-bond donors (Lipinski definition) is 1. The van der Waals surface area contributed by atoms with E-state index in [0.29, 0.717) is 5.13 Å². The van der Waals surface area contributed by atoms with Crippen molar-refractivity contribution >= 4 is 22.4 Å². The maximum atomic E-state index is 13.0. The summed E-state index contributed by atoms with van der Waals surface area (Å²) in [6.45, 7) is 2.21. The molecule has 4 aliphatic rings. The number of amides is 1. The summed E-state index contributed by atoms with van der Waals surface area (Å²) in [6.07, 6.45) is 12.0. The van der Waals surface area contributed by atoms with E-state index >= 15 is 0 Å². The smallest absolute Gasteiger partial charge is 0.232 e. The summed E-state index contributed by atoms with van der Waals surface area (Å²) in [4.78, 5) is 13.0. The highest BCUT2D eigenvalue weighted by Gasteiger charge is 2.54. The standard InChI is InChI=1S/C18H27N3OS/c1-2-3-4-5-15-20-21-17(23-15)19-16(22)18-9-12-6-13(10-18)8-14(7-12)11-18/h12-14H,2-11H2,1H3,(H,19,21,22). The van der Waals surface area contributed by atoms with Gasteiger partial charge >= 0.3 is 0 Å². The quantitative estimate of drug-likeness (QED) is 0.784. The Morgan fingerprint density at radius 2 is 1.78 bits per heavy atom. The molecule has 5 rings (SSSR count). The molecule has 4 aliphatic carbocycles. The van der Waals surface area contributed by atoms with E-state index in [1.165, 1.54) is 32.1 Å². The summed E-state index contributed by atoms with van der Waals surface area (Å²) in [5.41, 5.74) is -0.0945. The molecule has 0 atom stereocenters. The zero-order chi connectivity index (χ0) is 15.9. The third-order valence-corrected chi connectivity index (χ3v) is 7.10. The Balaban J connectivity index is 1.40. The summed E-state index contributed by atoms with van der Waals surface area (Å²) in [7, 11) is 0. The van der Waals surface area contributed by atoms with Crippen LogP contribution in [0.25, 0.3) is 0 Å². The molecule has 0 spiro atoms. The van der Waals surface area contributed by atoms with Gasteiger partial charge in [0.15, 0.2) is 0 Å². The number of aryl methyl sites for hydroxylation is 1. The lowest BCUT2D eigenvalue weighted by atomic mass is 9.49. The summed E-state index contributed by atoms with van der Waals surface area (Å²) in [6, 6.07) is 0. The fraction of sp³-hybridized carbons (Fsp3) is 0.833. The zero-order valence-corrected chi connectivity index (χ0v) is 14.8. The van der Waals surface area contributed by atoms with E-state index in [0.717, 1.165) is 54.9 Å². The van der Waals surface area contributed by atoms with Gasteiger partial charge in [-0.15, -0.1) is 10.2 Å². The molecule has 23 heavy (non-hydrogen) atoms. The Bertz CT molecular complexity index is 547. The number of nitrogens with zero attached hydrogens (tertiary/aromatic N) is 2. The van der Waals surface area contributed by atoms with Crippen molar-refractivity contribution in [2.24, 2.45) is 23.2 Å². The van der Waals surface area contributed by atoms with Gasteiger partial charge in [-0.05, 0) is 62.7 Å². The maximum Gasteiger partial charge on any atom is 0.232 e. The van der Waals surface area contributed by atoms with Crippen molar-refractivity contribution in [1.82, 2.24) is 10.2 Å². The Hall–Kier alpha value is -0.970. The van der Waals surface area contributed by atoms with Crippen LogP contribution in [0.2, 0.25) is 0 Å². The Labute approximate surface area is 142 Å². The van der Waals surface area contributed by atoms with Crippen LogP contribution in [0.1, 0.15) is 69.7 Å². The molecule has 1 heterocycles. The molecule has 1 aromatic heterocycles. The Kier molecular flexibility index (Phi) is 4.16. The fourth-order valence-electron chi connectivity index (χ4n) is 5.55. The van der Waals surface area contributed by atoms with Crippen LogP contribution in [0.15, 0.2) is 0 Å². The number of unbranched alkanes of at least 4 members (excludes halogenated alkanes) is 2. The minimum absolute atomic E-state index is 0.0945. The summed E-state index contributed by atoms with van der Waals surface area (Å²) in [5, 5.41) is 13.3. The highest BCUT2D eigenvalue weighted by atomic mass is 32.1. The topological polar surface area (TPSA) is 54.9 Å². The minimum Gasteiger partial charge on any atom is -0.300 e. The molecule has 0 aliphatic heterocycles. The van der Waals surface area contributed by atoms with Gasteiger partial charge in [-0.3, -0.25) is 4.79 Å². The number of carbonyl (C=O) groups is 1. The van der Waals surface area contributed by atoms with Crippen LogP contribution in [-0.4, -0.2) is 16.1 Å². The van der Waals surface area contributed by atoms with Crippen LogP contribution in [0.5, 0.6) is 0 Å². The normalized spacial score (nSPS) is 34.7. The first-order valence-electron chi connectivity index (χ1n) is 9.31. The Morgan fingerprint density at radius 3 is 2.39 bits per heavy atom. The largest absolute Gasteiger partial charge is 0.300 e. The van der Waals surface area contributed by atoms with Crippen molar-refractivity contribution in [2.45, 2.75) is 71.1 Å². The van der Waals surface area contributed by atoms with Gasteiger partial charge in [-0.1, -0.05) is 31.1 Å². The third-order valence-electron chi connectivity index (χ3n) is 6.20.